The highest BCUT2D eigenvalue weighted by molar-refractivity contribution is 5.80. The molecular formula is C20H21NO4. The van der Waals surface area contributed by atoms with Crippen LogP contribution in [0, 0.1) is 0 Å². The Bertz CT molecular complexity index is 743. The van der Waals surface area contributed by atoms with Gasteiger partial charge >= 0.3 is 5.97 Å². The van der Waals surface area contributed by atoms with E-state index in [9.17, 15) is 9.59 Å². The monoisotopic (exact) mass is 339 g/mol. The van der Waals surface area contributed by atoms with Crippen molar-refractivity contribution in [3.63, 3.8) is 0 Å². The number of benzene rings is 2. The molecule has 5 heteroatoms. The first kappa shape index (κ1) is 17.0. The summed E-state index contributed by atoms with van der Waals surface area (Å²) < 4.78 is 10.4. The SMILES string of the molecule is O=C(COC(=O)COc1ccc2c(c1)CCC2)NCc1ccccc1. The number of aryl methyl sites for hydroxylation is 2. The minimum Gasteiger partial charge on any atom is -0.482 e. The van der Waals surface area contributed by atoms with Crippen LogP contribution in [0.1, 0.15) is 23.1 Å². The number of esters is 1. The summed E-state index contributed by atoms with van der Waals surface area (Å²) in [5, 5.41) is 2.70. The number of fused-ring (bicyclic) bond motifs is 1. The molecule has 0 aliphatic heterocycles. The largest absolute Gasteiger partial charge is 0.482 e. The summed E-state index contributed by atoms with van der Waals surface area (Å²) >= 11 is 0. The molecule has 2 aromatic rings. The fourth-order valence-electron chi connectivity index (χ4n) is 2.82. The van der Waals surface area contributed by atoms with Crippen LogP contribution in [0.2, 0.25) is 0 Å². The molecule has 2 aromatic carbocycles. The topological polar surface area (TPSA) is 64.6 Å². The lowest BCUT2D eigenvalue weighted by Gasteiger charge is -2.09. The van der Waals surface area contributed by atoms with Crippen LogP contribution in [0.15, 0.2) is 48.5 Å². The van der Waals surface area contributed by atoms with Crippen LogP contribution in [0.5, 0.6) is 5.75 Å². The smallest absolute Gasteiger partial charge is 0.344 e. The number of hydrogen-bond donors (Lipinski definition) is 1. The van der Waals surface area contributed by atoms with Gasteiger partial charge < -0.3 is 14.8 Å². The van der Waals surface area contributed by atoms with Gasteiger partial charge in [0.25, 0.3) is 5.91 Å². The Balaban J connectivity index is 1.35. The lowest BCUT2D eigenvalue weighted by Crippen LogP contribution is -2.29. The summed E-state index contributed by atoms with van der Waals surface area (Å²) in [6, 6.07) is 15.4. The minimum absolute atomic E-state index is 0.204. The Kier molecular flexibility index (Phi) is 5.67. The zero-order valence-corrected chi connectivity index (χ0v) is 14.0. The van der Waals surface area contributed by atoms with Gasteiger partial charge in [0.05, 0.1) is 0 Å². The standard InChI is InChI=1S/C20H21NO4/c22-19(21-12-15-5-2-1-3-6-15)13-25-20(23)14-24-18-10-9-16-7-4-8-17(16)11-18/h1-3,5-6,9-11H,4,7-8,12-14H2,(H,21,22). The molecule has 1 N–H and O–H groups in total. The van der Waals surface area contributed by atoms with Crippen LogP contribution in [0.4, 0.5) is 0 Å². The van der Waals surface area contributed by atoms with E-state index in [4.69, 9.17) is 9.47 Å². The van der Waals surface area contributed by atoms with E-state index in [2.05, 4.69) is 5.32 Å². The Labute approximate surface area is 147 Å². The van der Waals surface area contributed by atoms with E-state index >= 15 is 0 Å². The zero-order chi connectivity index (χ0) is 17.5. The van der Waals surface area contributed by atoms with E-state index < -0.39 is 5.97 Å². The van der Waals surface area contributed by atoms with E-state index in [1.54, 1.807) is 0 Å². The Morgan fingerprint density at radius 1 is 0.960 bits per heavy atom. The van der Waals surface area contributed by atoms with E-state index in [1.807, 2.05) is 48.5 Å². The molecule has 0 unspecified atom stereocenters. The van der Waals surface area contributed by atoms with Crippen molar-refractivity contribution >= 4 is 11.9 Å². The van der Waals surface area contributed by atoms with Crippen LogP contribution in [0.25, 0.3) is 0 Å². The van der Waals surface area contributed by atoms with Crippen LogP contribution < -0.4 is 10.1 Å². The minimum atomic E-state index is -0.560. The number of amides is 1. The number of rotatable bonds is 7. The highest BCUT2D eigenvalue weighted by Gasteiger charge is 2.12. The maximum atomic E-state index is 11.7. The molecule has 0 spiro atoms. The molecule has 0 fully saturated rings. The van der Waals surface area contributed by atoms with Gasteiger partial charge in [-0.2, -0.15) is 0 Å². The lowest BCUT2D eigenvalue weighted by molar-refractivity contribution is -0.150. The molecule has 0 bridgehead atoms. The van der Waals surface area contributed by atoms with Crippen molar-refractivity contribution in [1.29, 1.82) is 0 Å². The predicted octanol–water partition coefficient (Wildman–Crippen LogP) is 2.41. The van der Waals surface area contributed by atoms with Crippen molar-refractivity contribution in [2.75, 3.05) is 13.2 Å². The van der Waals surface area contributed by atoms with Gasteiger partial charge in [-0.3, -0.25) is 4.79 Å². The second kappa shape index (κ2) is 8.33. The van der Waals surface area contributed by atoms with Crippen LogP contribution in [-0.2, 0) is 33.7 Å². The van der Waals surface area contributed by atoms with Crippen LogP contribution in [-0.4, -0.2) is 25.1 Å². The van der Waals surface area contributed by atoms with Gasteiger partial charge in [0.1, 0.15) is 5.75 Å². The molecule has 25 heavy (non-hydrogen) atoms. The second-order valence-electron chi connectivity index (χ2n) is 6.00. The molecule has 0 saturated carbocycles. The van der Waals surface area contributed by atoms with Gasteiger partial charge in [-0.05, 0) is 48.1 Å². The van der Waals surface area contributed by atoms with E-state index in [-0.39, 0.29) is 19.1 Å². The van der Waals surface area contributed by atoms with Gasteiger partial charge in [0.2, 0.25) is 0 Å². The number of ether oxygens (including phenoxy) is 2. The number of carbonyl (C=O) groups excluding carboxylic acids is 2. The van der Waals surface area contributed by atoms with Crippen molar-refractivity contribution in [3.05, 3.63) is 65.2 Å². The van der Waals surface area contributed by atoms with E-state index in [0.29, 0.717) is 12.3 Å². The van der Waals surface area contributed by atoms with E-state index in [0.717, 1.165) is 18.4 Å². The molecular weight excluding hydrogens is 318 g/mol. The van der Waals surface area contributed by atoms with E-state index in [1.165, 1.54) is 17.5 Å². The number of nitrogens with one attached hydrogen (secondary N) is 1. The van der Waals surface area contributed by atoms with Gasteiger partial charge in [-0.25, -0.2) is 4.79 Å². The molecule has 0 radical (unpaired) electrons. The molecule has 130 valence electrons. The summed E-state index contributed by atoms with van der Waals surface area (Å²) in [7, 11) is 0. The third-order valence-electron chi connectivity index (χ3n) is 4.12. The first-order valence-corrected chi connectivity index (χ1v) is 8.41. The maximum Gasteiger partial charge on any atom is 0.344 e. The summed E-state index contributed by atoms with van der Waals surface area (Å²) in [5.74, 6) is -0.240. The van der Waals surface area contributed by atoms with Crippen molar-refractivity contribution < 1.29 is 19.1 Å². The molecule has 1 aliphatic rings. The molecule has 0 aromatic heterocycles. The van der Waals surface area contributed by atoms with Crippen molar-refractivity contribution in [2.24, 2.45) is 0 Å². The van der Waals surface area contributed by atoms with Gasteiger partial charge in [-0.15, -0.1) is 0 Å². The van der Waals surface area contributed by atoms with Crippen molar-refractivity contribution in [1.82, 2.24) is 5.32 Å². The molecule has 1 aliphatic carbocycles. The average molecular weight is 339 g/mol. The number of carbonyl (C=O) groups is 2. The first-order chi connectivity index (χ1) is 12.2. The summed E-state index contributed by atoms with van der Waals surface area (Å²) in [6.45, 7) is -0.104. The zero-order valence-electron chi connectivity index (χ0n) is 14.0. The quantitative estimate of drug-likeness (QED) is 0.787. The fourth-order valence-corrected chi connectivity index (χ4v) is 2.82. The van der Waals surface area contributed by atoms with Crippen LogP contribution in [0.3, 0.4) is 0 Å². The van der Waals surface area contributed by atoms with Crippen LogP contribution >= 0.6 is 0 Å². The number of hydrogen-bond acceptors (Lipinski definition) is 4. The summed E-state index contributed by atoms with van der Waals surface area (Å²) in [6.07, 6.45) is 3.33. The third-order valence-corrected chi connectivity index (χ3v) is 4.12. The Morgan fingerprint density at radius 2 is 1.76 bits per heavy atom. The highest BCUT2D eigenvalue weighted by atomic mass is 16.6. The van der Waals surface area contributed by atoms with Gasteiger partial charge in [0, 0.05) is 6.54 Å². The molecule has 0 atom stereocenters. The first-order valence-electron chi connectivity index (χ1n) is 8.41. The average Bonchev–Trinajstić information content (AvgIpc) is 3.11. The Morgan fingerprint density at radius 3 is 2.60 bits per heavy atom. The third kappa shape index (κ3) is 5.08. The fraction of sp³-hybridized carbons (Fsp3) is 0.300. The normalized spacial score (nSPS) is 12.3. The molecule has 5 nitrogen and oxygen atoms in total. The second-order valence-corrected chi connectivity index (χ2v) is 6.00. The van der Waals surface area contributed by atoms with Crippen molar-refractivity contribution in [2.45, 2.75) is 25.8 Å². The van der Waals surface area contributed by atoms with Gasteiger partial charge in [-0.1, -0.05) is 36.4 Å². The molecule has 1 amide bonds. The molecule has 0 saturated heterocycles. The van der Waals surface area contributed by atoms with Gasteiger partial charge in [0.15, 0.2) is 13.2 Å². The lowest BCUT2D eigenvalue weighted by atomic mass is 10.1. The highest BCUT2D eigenvalue weighted by Crippen LogP contribution is 2.25. The predicted molar refractivity (Wildman–Crippen MR) is 93.2 cm³/mol. The Hall–Kier alpha value is -2.82. The summed E-state index contributed by atoms with van der Waals surface area (Å²) in [4.78, 5) is 23.4. The molecule has 3 rings (SSSR count). The summed E-state index contributed by atoms with van der Waals surface area (Å²) in [5.41, 5.74) is 3.62. The van der Waals surface area contributed by atoms with Crippen molar-refractivity contribution in [3.8, 4) is 5.75 Å². The molecule has 0 heterocycles. The maximum absolute atomic E-state index is 11.7.